The van der Waals surface area contributed by atoms with Gasteiger partial charge in [-0.05, 0) is 31.2 Å². The summed E-state index contributed by atoms with van der Waals surface area (Å²) in [5.74, 6) is 0. The third-order valence-corrected chi connectivity index (χ3v) is 3.59. The molecule has 0 aliphatic carbocycles. The van der Waals surface area contributed by atoms with Crippen molar-refractivity contribution >= 4 is 34.2 Å². The monoisotopic (exact) mass is 276 g/mol. The quantitative estimate of drug-likeness (QED) is 0.495. The molecule has 102 valence electrons. The van der Waals surface area contributed by atoms with Crippen molar-refractivity contribution in [3.05, 3.63) is 64.0 Å². The zero-order chi connectivity index (χ0) is 14.4. The van der Waals surface area contributed by atoms with Crippen LogP contribution < -0.4 is 10.9 Å². The van der Waals surface area contributed by atoms with Gasteiger partial charge in [0.1, 0.15) is 11.1 Å². The van der Waals surface area contributed by atoms with Crippen molar-refractivity contribution in [3.63, 3.8) is 0 Å². The second kappa shape index (κ2) is 4.31. The lowest BCUT2D eigenvalue weighted by molar-refractivity contribution is 0.560. The molecule has 0 fully saturated rings. The normalized spacial score (nSPS) is 12.4. The van der Waals surface area contributed by atoms with E-state index in [1.807, 2.05) is 49.4 Å². The van der Waals surface area contributed by atoms with Crippen molar-refractivity contribution in [3.8, 4) is 0 Å². The van der Waals surface area contributed by atoms with Crippen molar-refractivity contribution < 1.29 is 4.42 Å². The van der Waals surface area contributed by atoms with Crippen molar-refractivity contribution in [1.29, 1.82) is 0 Å². The minimum atomic E-state index is -0.384. The zero-order valence-corrected chi connectivity index (χ0v) is 11.4. The molecule has 3 aromatic rings. The minimum Gasteiger partial charge on any atom is -0.422 e. The van der Waals surface area contributed by atoms with Crippen molar-refractivity contribution in [2.45, 2.75) is 6.92 Å². The second-order valence-electron chi connectivity index (χ2n) is 5.08. The van der Waals surface area contributed by atoms with Crippen LogP contribution in [0.3, 0.4) is 0 Å². The summed E-state index contributed by atoms with van der Waals surface area (Å²) in [6, 6.07) is 13.5. The Labute approximate surface area is 120 Å². The van der Waals surface area contributed by atoms with E-state index in [1.165, 1.54) is 0 Å². The fourth-order valence-corrected chi connectivity index (χ4v) is 2.54. The fourth-order valence-electron chi connectivity index (χ4n) is 2.54. The molecule has 0 radical (unpaired) electrons. The average molecular weight is 276 g/mol. The number of nitrogens with one attached hydrogen (secondary N) is 1. The van der Waals surface area contributed by atoms with Crippen LogP contribution in [0.2, 0.25) is 0 Å². The molecular formula is C17H12N2O2. The third kappa shape index (κ3) is 1.84. The van der Waals surface area contributed by atoms with Crippen molar-refractivity contribution in [2.75, 3.05) is 5.32 Å². The highest BCUT2D eigenvalue weighted by Crippen LogP contribution is 2.35. The van der Waals surface area contributed by atoms with E-state index in [0.717, 1.165) is 28.0 Å². The van der Waals surface area contributed by atoms with Gasteiger partial charge in [-0.3, -0.25) is 4.99 Å². The number of benzene rings is 2. The molecule has 1 aromatic heterocycles. The Kier molecular flexibility index (Phi) is 2.44. The van der Waals surface area contributed by atoms with Crippen LogP contribution in [0.4, 0.5) is 17.1 Å². The number of hydrogen-bond acceptors (Lipinski definition) is 4. The van der Waals surface area contributed by atoms with Crippen molar-refractivity contribution in [2.24, 2.45) is 4.99 Å². The van der Waals surface area contributed by atoms with Crippen LogP contribution in [0.15, 0.2) is 56.7 Å². The van der Waals surface area contributed by atoms with Crippen molar-refractivity contribution in [1.82, 2.24) is 0 Å². The summed E-state index contributed by atoms with van der Waals surface area (Å²) in [6.07, 6.45) is 1.57. The van der Waals surface area contributed by atoms with Gasteiger partial charge in [0.25, 0.3) is 0 Å². The molecule has 21 heavy (non-hydrogen) atoms. The summed E-state index contributed by atoms with van der Waals surface area (Å²) in [7, 11) is 0. The van der Waals surface area contributed by atoms with Gasteiger partial charge in [-0.2, -0.15) is 0 Å². The molecule has 4 rings (SSSR count). The van der Waals surface area contributed by atoms with E-state index >= 15 is 0 Å². The van der Waals surface area contributed by atoms with Gasteiger partial charge in [0, 0.05) is 11.6 Å². The molecular weight excluding hydrogens is 264 g/mol. The zero-order valence-electron chi connectivity index (χ0n) is 11.4. The standard InChI is InChI=1S/C17H12N2O2/c1-10-6-7-15-11(8-10)16-12(17(20)21-15)9-18-13-4-2-3-5-14(13)19-16/h2-9,19H,1H3. The van der Waals surface area contributed by atoms with Crippen LogP contribution in [0.25, 0.3) is 11.0 Å². The molecule has 1 aliphatic heterocycles. The molecule has 0 saturated carbocycles. The van der Waals surface area contributed by atoms with Crippen LogP contribution in [0.1, 0.15) is 11.1 Å². The Morgan fingerprint density at radius 3 is 2.90 bits per heavy atom. The maximum absolute atomic E-state index is 12.2. The molecule has 1 N–H and O–H groups in total. The SMILES string of the molecule is Cc1ccc2oc(=O)c3c(c2c1)Nc1ccccc1N=C3. The summed E-state index contributed by atoms with van der Waals surface area (Å²) in [5.41, 5.74) is 4.17. The van der Waals surface area contributed by atoms with Gasteiger partial charge in [0.15, 0.2) is 0 Å². The van der Waals surface area contributed by atoms with E-state index in [1.54, 1.807) is 6.21 Å². The van der Waals surface area contributed by atoms with E-state index in [-0.39, 0.29) is 5.63 Å². The molecule has 2 heterocycles. The molecule has 0 atom stereocenters. The van der Waals surface area contributed by atoms with E-state index < -0.39 is 0 Å². The summed E-state index contributed by atoms with van der Waals surface area (Å²) in [6.45, 7) is 2.01. The van der Waals surface area contributed by atoms with Gasteiger partial charge in [0.2, 0.25) is 0 Å². The van der Waals surface area contributed by atoms with E-state index in [9.17, 15) is 4.79 Å². The number of nitrogens with zero attached hydrogens (tertiary/aromatic N) is 1. The lowest BCUT2D eigenvalue weighted by Gasteiger charge is -2.11. The molecule has 1 aliphatic rings. The Morgan fingerprint density at radius 2 is 2.00 bits per heavy atom. The third-order valence-electron chi connectivity index (χ3n) is 3.59. The second-order valence-corrected chi connectivity index (χ2v) is 5.08. The Bertz CT molecular complexity index is 955. The van der Waals surface area contributed by atoms with Gasteiger partial charge >= 0.3 is 5.63 Å². The van der Waals surface area contributed by atoms with Gasteiger partial charge in [-0.15, -0.1) is 0 Å². The lowest BCUT2D eigenvalue weighted by atomic mass is 10.1. The molecule has 0 saturated heterocycles. The first-order valence-electron chi connectivity index (χ1n) is 6.70. The van der Waals surface area contributed by atoms with Gasteiger partial charge in [0.05, 0.1) is 17.1 Å². The van der Waals surface area contributed by atoms with E-state index in [4.69, 9.17) is 4.42 Å². The first kappa shape index (κ1) is 11.9. The lowest BCUT2D eigenvalue weighted by Crippen LogP contribution is -2.10. The summed E-state index contributed by atoms with van der Waals surface area (Å²) < 4.78 is 5.38. The minimum absolute atomic E-state index is 0.384. The molecule has 0 bridgehead atoms. The molecule has 4 nitrogen and oxygen atoms in total. The summed E-state index contributed by atoms with van der Waals surface area (Å²) in [5, 5.41) is 4.21. The fraction of sp³-hybridized carbons (Fsp3) is 0.0588. The molecule has 4 heteroatoms. The molecule has 2 aromatic carbocycles. The average Bonchev–Trinajstić information content (AvgIpc) is 2.68. The highest BCUT2D eigenvalue weighted by molar-refractivity contribution is 6.04. The van der Waals surface area contributed by atoms with Gasteiger partial charge < -0.3 is 9.73 Å². The van der Waals surface area contributed by atoms with Gasteiger partial charge in [-0.25, -0.2) is 4.79 Å². The molecule has 0 unspecified atom stereocenters. The van der Waals surface area contributed by atoms with Crippen LogP contribution in [-0.4, -0.2) is 6.21 Å². The Morgan fingerprint density at radius 1 is 1.14 bits per heavy atom. The summed E-state index contributed by atoms with van der Waals surface area (Å²) in [4.78, 5) is 16.5. The largest absolute Gasteiger partial charge is 0.422 e. The van der Waals surface area contributed by atoms with Crippen LogP contribution >= 0.6 is 0 Å². The highest BCUT2D eigenvalue weighted by Gasteiger charge is 2.17. The van der Waals surface area contributed by atoms with Crippen LogP contribution in [0, 0.1) is 6.92 Å². The number of hydrogen-bond donors (Lipinski definition) is 1. The van der Waals surface area contributed by atoms with Crippen LogP contribution in [-0.2, 0) is 0 Å². The van der Waals surface area contributed by atoms with E-state index in [0.29, 0.717) is 11.1 Å². The predicted octanol–water partition coefficient (Wildman–Crippen LogP) is 3.91. The number of para-hydroxylation sites is 2. The number of aryl methyl sites for hydroxylation is 1. The van der Waals surface area contributed by atoms with Gasteiger partial charge in [-0.1, -0.05) is 23.8 Å². The summed E-state index contributed by atoms with van der Waals surface area (Å²) >= 11 is 0. The number of anilines is 2. The maximum Gasteiger partial charge on any atom is 0.347 e. The van der Waals surface area contributed by atoms with Crippen LogP contribution in [0.5, 0.6) is 0 Å². The molecule has 0 amide bonds. The smallest absolute Gasteiger partial charge is 0.347 e. The topological polar surface area (TPSA) is 54.6 Å². The first-order valence-corrected chi connectivity index (χ1v) is 6.70. The predicted molar refractivity (Wildman–Crippen MR) is 84.2 cm³/mol. The molecule has 0 spiro atoms. The Balaban J connectivity index is 2.10. The highest BCUT2D eigenvalue weighted by atomic mass is 16.4. The number of fused-ring (bicyclic) bond motifs is 4. The van der Waals surface area contributed by atoms with E-state index in [2.05, 4.69) is 10.3 Å². The number of rotatable bonds is 0. The Hall–Kier alpha value is -2.88. The maximum atomic E-state index is 12.2. The first-order chi connectivity index (χ1) is 10.2. The number of aliphatic imine (C=N–C) groups is 1.